The van der Waals surface area contributed by atoms with Gasteiger partial charge in [-0.2, -0.15) is 4.98 Å². The van der Waals surface area contributed by atoms with E-state index in [-0.39, 0.29) is 30.8 Å². The highest BCUT2D eigenvalue weighted by Gasteiger charge is 2.43. The molecule has 1 fully saturated rings. The van der Waals surface area contributed by atoms with Crippen LogP contribution in [-0.4, -0.2) is 45.9 Å². The minimum absolute atomic E-state index is 0.0216. The number of amides is 2. The van der Waals surface area contributed by atoms with Crippen LogP contribution >= 0.6 is 0 Å². The van der Waals surface area contributed by atoms with Crippen LogP contribution in [0.2, 0.25) is 0 Å². The van der Waals surface area contributed by atoms with Crippen molar-refractivity contribution < 1.29 is 14.1 Å². The zero-order chi connectivity index (χ0) is 18.0. The van der Waals surface area contributed by atoms with Gasteiger partial charge in [-0.15, -0.1) is 0 Å². The largest absolute Gasteiger partial charge is 0.338 e. The number of aromatic nitrogens is 2. The molecule has 0 N–H and O–H groups in total. The molecule has 1 aliphatic heterocycles. The molecule has 1 saturated heterocycles. The fraction of sp³-hybridized carbons (Fsp3) is 0.444. The van der Waals surface area contributed by atoms with Crippen LogP contribution in [0, 0.1) is 5.92 Å². The Kier molecular flexibility index (Phi) is 4.83. The van der Waals surface area contributed by atoms with Gasteiger partial charge in [0.25, 0.3) is 0 Å². The molecule has 0 bridgehead atoms. The van der Waals surface area contributed by atoms with Crippen molar-refractivity contribution in [1.82, 2.24) is 19.9 Å². The number of hydrogen-bond acceptors (Lipinski definition) is 5. The molecular formula is C18H22N4O3. The van der Waals surface area contributed by atoms with Gasteiger partial charge < -0.3 is 14.3 Å². The molecule has 132 valence electrons. The lowest BCUT2D eigenvalue weighted by atomic mass is 9.92. The summed E-state index contributed by atoms with van der Waals surface area (Å²) >= 11 is 0. The standard InChI is InChI=1S/C18H22N4O3/c1-4-14-19-15(25-20-14)11-21(2)18(24)13-10-16(23)22(3)17(13)12-8-6-5-7-9-12/h5-9,13,17H,4,10-11H2,1-3H3/t13-,17+/m0/s1. The van der Waals surface area contributed by atoms with E-state index in [9.17, 15) is 9.59 Å². The summed E-state index contributed by atoms with van der Waals surface area (Å²) in [6.07, 6.45) is 0.891. The van der Waals surface area contributed by atoms with Crippen LogP contribution < -0.4 is 0 Å². The van der Waals surface area contributed by atoms with Crippen molar-refractivity contribution >= 4 is 11.8 Å². The van der Waals surface area contributed by atoms with Crippen LogP contribution in [0.5, 0.6) is 0 Å². The molecule has 0 unspecified atom stereocenters. The van der Waals surface area contributed by atoms with Crippen molar-refractivity contribution in [1.29, 1.82) is 0 Å². The normalized spacial score (nSPS) is 20.1. The highest BCUT2D eigenvalue weighted by atomic mass is 16.5. The summed E-state index contributed by atoms with van der Waals surface area (Å²) in [6, 6.07) is 9.41. The maximum absolute atomic E-state index is 13.0. The van der Waals surface area contributed by atoms with Crippen LogP contribution in [-0.2, 0) is 22.6 Å². The van der Waals surface area contributed by atoms with Crippen LogP contribution in [0.4, 0.5) is 0 Å². The summed E-state index contributed by atoms with van der Waals surface area (Å²) < 4.78 is 5.16. The fourth-order valence-electron chi connectivity index (χ4n) is 3.26. The Morgan fingerprint density at radius 3 is 2.72 bits per heavy atom. The van der Waals surface area contributed by atoms with Gasteiger partial charge in [-0.1, -0.05) is 42.4 Å². The molecule has 0 aliphatic carbocycles. The summed E-state index contributed by atoms with van der Waals surface area (Å²) in [4.78, 5) is 32.6. The number of benzene rings is 1. The van der Waals surface area contributed by atoms with Gasteiger partial charge in [-0.05, 0) is 5.56 Å². The van der Waals surface area contributed by atoms with E-state index in [1.54, 1.807) is 23.9 Å². The molecular weight excluding hydrogens is 320 g/mol. The first-order valence-electron chi connectivity index (χ1n) is 8.38. The lowest BCUT2D eigenvalue weighted by molar-refractivity contribution is -0.136. The molecule has 3 rings (SSSR count). The molecule has 7 nitrogen and oxygen atoms in total. The summed E-state index contributed by atoms with van der Waals surface area (Å²) in [7, 11) is 3.45. The Hall–Kier alpha value is -2.70. The van der Waals surface area contributed by atoms with Gasteiger partial charge in [0.2, 0.25) is 17.7 Å². The third-order valence-electron chi connectivity index (χ3n) is 4.62. The van der Waals surface area contributed by atoms with E-state index in [0.717, 1.165) is 5.56 Å². The molecule has 0 spiro atoms. The van der Waals surface area contributed by atoms with Crippen LogP contribution in [0.25, 0.3) is 0 Å². The lowest BCUT2D eigenvalue weighted by Gasteiger charge is -2.27. The van der Waals surface area contributed by atoms with Crippen molar-refractivity contribution in [3.8, 4) is 0 Å². The SMILES string of the molecule is CCc1noc(CN(C)C(=O)[C@H]2CC(=O)N(C)[C@@H]2c2ccccc2)n1. The topological polar surface area (TPSA) is 79.5 Å². The van der Waals surface area contributed by atoms with Crippen molar-refractivity contribution in [3.63, 3.8) is 0 Å². The first-order valence-corrected chi connectivity index (χ1v) is 8.38. The molecule has 1 aromatic heterocycles. The molecule has 2 amide bonds. The highest BCUT2D eigenvalue weighted by molar-refractivity contribution is 5.90. The maximum Gasteiger partial charge on any atom is 0.246 e. The Bertz CT molecular complexity index is 759. The number of carbonyl (C=O) groups is 2. The van der Waals surface area contributed by atoms with E-state index in [4.69, 9.17) is 4.52 Å². The van der Waals surface area contributed by atoms with Crippen molar-refractivity contribution in [2.45, 2.75) is 32.4 Å². The first kappa shape index (κ1) is 17.1. The maximum atomic E-state index is 13.0. The second-order valence-electron chi connectivity index (χ2n) is 6.32. The number of aryl methyl sites for hydroxylation is 1. The number of hydrogen-bond donors (Lipinski definition) is 0. The predicted octanol–water partition coefficient (Wildman–Crippen LogP) is 1.81. The molecule has 1 aromatic carbocycles. The van der Waals surface area contributed by atoms with Gasteiger partial charge in [-0.25, -0.2) is 0 Å². The summed E-state index contributed by atoms with van der Waals surface area (Å²) in [5.74, 6) is 0.489. The summed E-state index contributed by atoms with van der Waals surface area (Å²) in [5.41, 5.74) is 0.966. The van der Waals surface area contributed by atoms with Gasteiger partial charge in [0, 0.05) is 26.9 Å². The molecule has 25 heavy (non-hydrogen) atoms. The smallest absolute Gasteiger partial charge is 0.246 e. The molecule has 0 radical (unpaired) electrons. The average molecular weight is 342 g/mol. The van der Waals surface area contributed by atoms with Gasteiger partial charge in [0.05, 0.1) is 18.5 Å². The Labute approximate surface area is 146 Å². The Balaban J connectivity index is 1.78. The number of likely N-dealkylation sites (tertiary alicyclic amines) is 1. The highest BCUT2D eigenvalue weighted by Crippen LogP contribution is 2.37. The van der Waals surface area contributed by atoms with E-state index in [1.807, 2.05) is 37.3 Å². The Morgan fingerprint density at radius 1 is 1.36 bits per heavy atom. The van der Waals surface area contributed by atoms with Crippen molar-refractivity contribution in [2.75, 3.05) is 14.1 Å². The average Bonchev–Trinajstić information content (AvgIpc) is 3.19. The number of carbonyl (C=O) groups excluding carboxylic acids is 2. The van der Waals surface area contributed by atoms with E-state index in [0.29, 0.717) is 18.1 Å². The van der Waals surface area contributed by atoms with E-state index in [1.165, 1.54) is 0 Å². The van der Waals surface area contributed by atoms with Crippen molar-refractivity contribution in [3.05, 3.63) is 47.6 Å². The quantitative estimate of drug-likeness (QED) is 0.828. The third-order valence-corrected chi connectivity index (χ3v) is 4.62. The van der Waals surface area contributed by atoms with Gasteiger partial charge >= 0.3 is 0 Å². The summed E-state index contributed by atoms with van der Waals surface area (Å²) in [6.45, 7) is 2.18. The van der Waals surface area contributed by atoms with Gasteiger partial charge in [-0.3, -0.25) is 9.59 Å². The molecule has 0 saturated carbocycles. The second kappa shape index (κ2) is 7.04. The van der Waals surface area contributed by atoms with Crippen LogP contribution in [0.1, 0.15) is 36.7 Å². The van der Waals surface area contributed by atoms with Gasteiger partial charge in [0.1, 0.15) is 0 Å². The molecule has 2 heterocycles. The second-order valence-corrected chi connectivity index (χ2v) is 6.32. The van der Waals surface area contributed by atoms with Crippen LogP contribution in [0.15, 0.2) is 34.9 Å². The molecule has 7 heteroatoms. The first-order chi connectivity index (χ1) is 12.0. The van der Waals surface area contributed by atoms with Crippen molar-refractivity contribution in [2.24, 2.45) is 5.92 Å². The monoisotopic (exact) mass is 342 g/mol. The fourth-order valence-corrected chi connectivity index (χ4v) is 3.26. The number of rotatable bonds is 5. The number of nitrogens with zero attached hydrogens (tertiary/aromatic N) is 4. The zero-order valence-corrected chi connectivity index (χ0v) is 14.7. The van der Waals surface area contributed by atoms with E-state index >= 15 is 0 Å². The molecule has 2 aromatic rings. The zero-order valence-electron chi connectivity index (χ0n) is 14.7. The molecule has 1 aliphatic rings. The predicted molar refractivity (Wildman–Crippen MR) is 90.2 cm³/mol. The van der Waals surface area contributed by atoms with Gasteiger partial charge in [0.15, 0.2) is 5.82 Å². The van der Waals surface area contributed by atoms with E-state index < -0.39 is 5.92 Å². The lowest BCUT2D eigenvalue weighted by Crippen LogP contribution is -2.35. The summed E-state index contributed by atoms with van der Waals surface area (Å²) in [5, 5.41) is 3.84. The van der Waals surface area contributed by atoms with Crippen LogP contribution in [0.3, 0.4) is 0 Å². The van der Waals surface area contributed by atoms with E-state index in [2.05, 4.69) is 10.1 Å². The minimum Gasteiger partial charge on any atom is -0.338 e. The Morgan fingerprint density at radius 2 is 2.08 bits per heavy atom. The molecule has 2 atom stereocenters. The minimum atomic E-state index is -0.418. The third kappa shape index (κ3) is 3.40.